The molecule has 1 N–H and O–H groups in total. The van der Waals surface area contributed by atoms with E-state index < -0.39 is 0 Å². The molecule has 0 aromatic heterocycles. The Hall–Kier alpha value is -1.55. The molecule has 0 aliphatic heterocycles. The van der Waals surface area contributed by atoms with Crippen LogP contribution in [-0.2, 0) is 4.79 Å². The first kappa shape index (κ1) is 15.8. The molecule has 0 bridgehead atoms. The van der Waals surface area contributed by atoms with Gasteiger partial charge < -0.3 is 14.7 Å². The molecule has 1 aromatic rings. The van der Waals surface area contributed by atoms with Crippen LogP contribution in [0.2, 0.25) is 0 Å². The van der Waals surface area contributed by atoms with Crippen molar-refractivity contribution in [3.8, 4) is 5.75 Å². The van der Waals surface area contributed by atoms with Crippen molar-refractivity contribution in [1.29, 1.82) is 0 Å². The summed E-state index contributed by atoms with van der Waals surface area (Å²) in [5.41, 5.74) is 2.24. The topological polar surface area (TPSA) is 49.8 Å². The third-order valence-corrected chi connectivity index (χ3v) is 4.30. The Labute approximate surface area is 126 Å². The number of hydrogen-bond acceptors (Lipinski definition) is 3. The fourth-order valence-electron chi connectivity index (χ4n) is 2.55. The van der Waals surface area contributed by atoms with Crippen molar-refractivity contribution >= 4 is 5.91 Å². The number of amides is 1. The fraction of sp³-hybridized carbons (Fsp3) is 0.588. The Balaban J connectivity index is 1.93. The first-order chi connectivity index (χ1) is 10.1. The summed E-state index contributed by atoms with van der Waals surface area (Å²) < 4.78 is 5.71. The summed E-state index contributed by atoms with van der Waals surface area (Å²) in [4.78, 5) is 14.3. The highest BCUT2D eigenvalue weighted by Crippen LogP contribution is 2.25. The van der Waals surface area contributed by atoms with Gasteiger partial charge in [-0.1, -0.05) is 12.1 Å². The van der Waals surface area contributed by atoms with E-state index in [9.17, 15) is 4.79 Å². The Bertz CT molecular complexity index is 483. The number of carbonyl (C=O) groups is 1. The van der Waals surface area contributed by atoms with Crippen LogP contribution in [0.25, 0.3) is 0 Å². The van der Waals surface area contributed by atoms with Gasteiger partial charge in [-0.05, 0) is 56.7 Å². The van der Waals surface area contributed by atoms with Crippen molar-refractivity contribution in [3.05, 3.63) is 29.3 Å². The lowest BCUT2D eigenvalue weighted by Crippen LogP contribution is -2.46. The van der Waals surface area contributed by atoms with Crippen LogP contribution in [0.4, 0.5) is 0 Å². The van der Waals surface area contributed by atoms with E-state index in [1.807, 2.05) is 36.9 Å². The van der Waals surface area contributed by atoms with E-state index in [1.54, 1.807) is 0 Å². The van der Waals surface area contributed by atoms with E-state index in [1.165, 1.54) is 6.42 Å². The number of ether oxygens (including phenoxy) is 1. The zero-order chi connectivity index (χ0) is 15.2. The van der Waals surface area contributed by atoms with Crippen LogP contribution >= 0.6 is 0 Å². The third kappa shape index (κ3) is 3.97. The van der Waals surface area contributed by atoms with Gasteiger partial charge in [0, 0.05) is 19.2 Å². The maximum Gasteiger partial charge on any atom is 0.260 e. The summed E-state index contributed by atoms with van der Waals surface area (Å²) in [6.45, 7) is 4.85. The molecule has 0 radical (unpaired) electrons. The molecule has 1 aliphatic carbocycles. The van der Waals surface area contributed by atoms with Gasteiger partial charge in [0.25, 0.3) is 5.91 Å². The Morgan fingerprint density at radius 3 is 2.76 bits per heavy atom. The second-order valence-corrected chi connectivity index (χ2v) is 5.74. The average Bonchev–Trinajstić information content (AvgIpc) is 2.42. The van der Waals surface area contributed by atoms with Crippen molar-refractivity contribution < 1.29 is 14.6 Å². The van der Waals surface area contributed by atoms with Crippen LogP contribution in [0.3, 0.4) is 0 Å². The zero-order valence-electron chi connectivity index (χ0n) is 13.0. The molecule has 1 amide bonds. The smallest absolute Gasteiger partial charge is 0.260 e. The highest BCUT2D eigenvalue weighted by atomic mass is 16.5. The van der Waals surface area contributed by atoms with Gasteiger partial charge in [0.2, 0.25) is 0 Å². The highest BCUT2D eigenvalue weighted by molar-refractivity contribution is 5.78. The number of carbonyl (C=O) groups excluding carboxylic acids is 1. The minimum atomic E-state index is 0.0223. The summed E-state index contributed by atoms with van der Waals surface area (Å²) in [6, 6.07) is 6.21. The maximum atomic E-state index is 12.4. The number of nitrogens with zero attached hydrogens (tertiary/aromatic N) is 1. The summed E-state index contributed by atoms with van der Waals surface area (Å²) in [6.07, 6.45) is 3.96. The monoisotopic (exact) mass is 291 g/mol. The summed E-state index contributed by atoms with van der Waals surface area (Å²) in [5, 5.41) is 8.98. The molecule has 1 saturated carbocycles. The summed E-state index contributed by atoms with van der Waals surface area (Å²) >= 11 is 0. The largest absolute Gasteiger partial charge is 0.483 e. The zero-order valence-corrected chi connectivity index (χ0v) is 13.0. The van der Waals surface area contributed by atoms with Crippen LogP contribution in [0.1, 0.15) is 36.8 Å². The standard InChI is InChI=1S/C17H25NO3/c1-13-6-3-9-16(14(13)2)21-12-17(20)18(10-5-11-19)15-7-4-8-15/h3,6,9,15,19H,4-5,7-8,10-12H2,1-2H3. The molecule has 1 aromatic carbocycles. The van der Waals surface area contributed by atoms with Gasteiger partial charge in [-0.3, -0.25) is 4.79 Å². The predicted molar refractivity (Wildman–Crippen MR) is 82.5 cm³/mol. The van der Waals surface area contributed by atoms with Crippen molar-refractivity contribution in [2.75, 3.05) is 19.8 Å². The van der Waals surface area contributed by atoms with Crippen LogP contribution in [-0.4, -0.2) is 41.7 Å². The molecule has 0 saturated heterocycles. The van der Waals surface area contributed by atoms with Crippen molar-refractivity contribution in [2.24, 2.45) is 0 Å². The lowest BCUT2D eigenvalue weighted by molar-refractivity contribution is -0.137. The predicted octanol–water partition coefficient (Wildman–Crippen LogP) is 2.45. The first-order valence-corrected chi connectivity index (χ1v) is 7.73. The maximum absolute atomic E-state index is 12.4. The molecule has 4 nitrogen and oxygen atoms in total. The molecule has 0 heterocycles. The fourth-order valence-corrected chi connectivity index (χ4v) is 2.55. The molecule has 116 valence electrons. The normalized spacial score (nSPS) is 14.6. The molecule has 2 rings (SSSR count). The van der Waals surface area contributed by atoms with E-state index in [4.69, 9.17) is 9.84 Å². The van der Waals surface area contributed by atoms with Crippen molar-refractivity contribution in [3.63, 3.8) is 0 Å². The van der Waals surface area contributed by atoms with Gasteiger partial charge >= 0.3 is 0 Å². The molecule has 4 heteroatoms. The lowest BCUT2D eigenvalue weighted by Gasteiger charge is -2.37. The van der Waals surface area contributed by atoms with E-state index in [0.717, 1.165) is 29.7 Å². The van der Waals surface area contributed by atoms with Gasteiger partial charge in [-0.15, -0.1) is 0 Å². The first-order valence-electron chi connectivity index (χ1n) is 7.73. The number of hydrogen-bond donors (Lipinski definition) is 1. The Morgan fingerprint density at radius 1 is 1.38 bits per heavy atom. The van der Waals surface area contributed by atoms with Gasteiger partial charge in [0.1, 0.15) is 5.75 Å². The van der Waals surface area contributed by atoms with Crippen LogP contribution in [0, 0.1) is 13.8 Å². The molecular weight excluding hydrogens is 266 g/mol. The summed E-state index contributed by atoms with van der Waals surface area (Å²) in [7, 11) is 0. The second kappa shape index (κ2) is 7.46. The quantitative estimate of drug-likeness (QED) is 0.839. The minimum absolute atomic E-state index is 0.0223. The van der Waals surface area contributed by atoms with Crippen LogP contribution in [0.15, 0.2) is 18.2 Å². The van der Waals surface area contributed by atoms with E-state index in [0.29, 0.717) is 19.0 Å². The number of aliphatic hydroxyl groups excluding tert-OH is 1. The Kier molecular flexibility index (Phi) is 5.62. The third-order valence-electron chi connectivity index (χ3n) is 4.30. The van der Waals surface area contributed by atoms with Gasteiger partial charge in [0.05, 0.1) is 0 Å². The second-order valence-electron chi connectivity index (χ2n) is 5.74. The number of aryl methyl sites for hydroxylation is 1. The molecule has 0 unspecified atom stereocenters. The number of rotatable bonds is 7. The Morgan fingerprint density at radius 2 is 2.14 bits per heavy atom. The van der Waals surface area contributed by atoms with Crippen molar-refractivity contribution in [2.45, 2.75) is 45.6 Å². The lowest BCUT2D eigenvalue weighted by atomic mass is 9.91. The van der Waals surface area contributed by atoms with E-state index in [2.05, 4.69) is 0 Å². The molecule has 1 aliphatic rings. The van der Waals surface area contributed by atoms with E-state index >= 15 is 0 Å². The molecule has 0 spiro atoms. The number of aliphatic hydroxyl groups is 1. The van der Waals surface area contributed by atoms with Crippen molar-refractivity contribution in [1.82, 2.24) is 4.90 Å². The van der Waals surface area contributed by atoms with Gasteiger partial charge in [-0.2, -0.15) is 0 Å². The highest BCUT2D eigenvalue weighted by Gasteiger charge is 2.28. The van der Waals surface area contributed by atoms with E-state index in [-0.39, 0.29) is 19.1 Å². The molecule has 21 heavy (non-hydrogen) atoms. The molecule has 0 atom stereocenters. The average molecular weight is 291 g/mol. The SMILES string of the molecule is Cc1cccc(OCC(=O)N(CCCO)C2CCC2)c1C. The number of benzene rings is 1. The van der Waals surface area contributed by atoms with Crippen LogP contribution in [0.5, 0.6) is 5.75 Å². The molecule has 1 fully saturated rings. The minimum Gasteiger partial charge on any atom is -0.483 e. The van der Waals surface area contributed by atoms with Crippen LogP contribution < -0.4 is 4.74 Å². The molecular formula is C17H25NO3. The summed E-state index contributed by atoms with van der Waals surface area (Å²) in [5.74, 6) is 0.799. The van der Waals surface area contributed by atoms with Gasteiger partial charge in [-0.25, -0.2) is 0 Å². The van der Waals surface area contributed by atoms with Gasteiger partial charge in [0.15, 0.2) is 6.61 Å².